The van der Waals surface area contributed by atoms with Gasteiger partial charge in [0.1, 0.15) is 5.82 Å². The van der Waals surface area contributed by atoms with Crippen molar-refractivity contribution in [2.75, 3.05) is 19.6 Å². The van der Waals surface area contributed by atoms with Crippen LogP contribution in [0.3, 0.4) is 0 Å². The Morgan fingerprint density at radius 1 is 1.35 bits per heavy atom. The predicted molar refractivity (Wildman–Crippen MR) is 105 cm³/mol. The fourth-order valence-corrected chi connectivity index (χ4v) is 3.09. The van der Waals surface area contributed by atoms with E-state index in [4.69, 9.17) is 11.6 Å². The molecule has 7 heteroatoms. The summed E-state index contributed by atoms with van der Waals surface area (Å²) in [7, 11) is 1.91. The first-order valence-corrected chi connectivity index (χ1v) is 9.15. The summed E-state index contributed by atoms with van der Waals surface area (Å²) in [6.45, 7) is 8.19. The smallest absolute Gasteiger partial charge is 0.191 e. The molecule has 0 radical (unpaired) electrons. The molecule has 0 aliphatic heterocycles. The van der Waals surface area contributed by atoms with E-state index in [1.165, 1.54) is 17.7 Å². The molecule has 0 unspecified atom stereocenters. The molecule has 0 saturated heterocycles. The molecule has 2 N–H and O–H groups in total. The highest BCUT2D eigenvalue weighted by Crippen LogP contribution is 2.30. The zero-order chi connectivity index (χ0) is 19.2. The second kappa shape index (κ2) is 9.03. The fourth-order valence-electron chi connectivity index (χ4n) is 2.67. The lowest BCUT2D eigenvalue weighted by atomic mass is 9.84. The second-order valence-corrected chi connectivity index (χ2v) is 7.31. The van der Waals surface area contributed by atoms with E-state index in [-0.39, 0.29) is 11.2 Å². The molecule has 0 aliphatic carbocycles. The molecular weight excluding hydrogens is 353 g/mol. The van der Waals surface area contributed by atoms with Crippen LogP contribution in [0.4, 0.5) is 4.39 Å². The number of guanidine groups is 1. The molecule has 142 valence electrons. The van der Waals surface area contributed by atoms with Gasteiger partial charge in [0, 0.05) is 36.8 Å². The van der Waals surface area contributed by atoms with E-state index < -0.39 is 0 Å². The summed E-state index contributed by atoms with van der Waals surface area (Å²) in [5.74, 6) is 0.422. The first-order chi connectivity index (χ1) is 12.3. The van der Waals surface area contributed by atoms with Gasteiger partial charge in [-0.15, -0.1) is 0 Å². The van der Waals surface area contributed by atoms with Crippen LogP contribution in [0.2, 0.25) is 5.02 Å². The molecule has 0 amide bonds. The van der Waals surface area contributed by atoms with Gasteiger partial charge in [-0.1, -0.05) is 31.5 Å². The molecule has 1 aromatic heterocycles. The van der Waals surface area contributed by atoms with Crippen LogP contribution in [0.5, 0.6) is 0 Å². The Balaban J connectivity index is 1.99. The van der Waals surface area contributed by atoms with Gasteiger partial charge in [-0.05, 0) is 36.6 Å². The highest BCUT2D eigenvalue weighted by atomic mass is 35.5. The number of nitrogens with one attached hydrogen (secondary N) is 2. The molecule has 0 atom stereocenters. The minimum Gasteiger partial charge on any atom is -0.357 e. The minimum atomic E-state index is -0.330. The minimum absolute atomic E-state index is 0.309. The van der Waals surface area contributed by atoms with Crippen LogP contribution in [0.1, 0.15) is 31.9 Å². The van der Waals surface area contributed by atoms with Crippen molar-refractivity contribution in [3.05, 3.63) is 52.6 Å². The molecule has 0 saturated carbocycles. The lowest BCUT2D eigenvalue weighted by molar-refractivity contribution is 0.535. The molecule has 5 nitrogen and oxygen atoms in total. The van der Waals surface area contributed by atoms with Crippen LogP contribution in [-0.2, 0) is 18.9 Å². The van der Waals surface area contributed by atoms with E-state index >= 15 is 0 Å². The summed E-state index contributed by atoms with van der Waals surface area (Å²) in [4.78, 5) is 4.68. The SMILES string of the molecule is CCNC(=NCC(C)(C)c1ccc(F)cc1Cl)NCCc1cnn(C)c1. The zero-order valence-corrected chi connectivity index (χ0v) is 16.6. The van der Waals surface area contributed by atoms with Gasteiger partial charge < -0.3 is 10.6 Å². The lowest BCUT2D eigenvalue weighted by Gasteiger charge is -2.25. The predicted octanol–water partition coefficient (Wildman–Crippen LogP) is 3.29. The van der Waals surface area contributed by atoms with E-state index in [9.17, 15) is 4.39 Å². The lowest BCUT2D eigenvalue weighted by Crippen LogP contribution is -2.39. The number of halogens is 2. The van der Waals surface area contributed by atoms with Crippen molar-refractivity contribution in [3.63, 3.8) is 0 Å². The van der Waals surface area contributed by atoms with E-state index in [2.05, 4.69) is 34.6 Å². The first-order valence-electron chi connectivity index (χ1n) is 8.77. The topological polar surface area (TPSA) is 54.2 Å². The number of aryl methyl sites for hydroxylation is 1. The molecule has 1 heterocycles. The maximum absolute atomic E-state index is 13.3. The van der Waals surface area contributed by atoms with Crippen molar-refractivity contribution >= 4 is 17.6 Å². The number of rotatable bonds is 7. The summed E-state index contributed by atoms with van der Waals surface area (Å²) < 4.78 is 15.1. The van der Waals surface area contributed by atoms with Crippen molar-refractivity contribution < 1.29 is 4.39 Å². The van der Waals surface area contributed by atoms with E-state index in [0.29, 0.717) is 11.6 Å². The molecule has 0 bridgehead atoms. The summed E-state index contributed by atoms with van der Waals surface area (Å²) in [5.41, 5.74) is 1.75. The van der Waals surface area contributed by atoms with Gasteiger partial charge in [0.25, 0.3) is 0 Å². The Hall–Kier alpha value is -2.08. The van der Waals surface area contributed by atoms with Gasteiger partial charge >= 0.3 is 0 Å². The molecular formula is C19H27ClFN5. The first kappa shape index (κ1) is 20.2. The van der Waals surface area contributed by atoms with Gasteiger partial charge in [0.15, 0.2) is 5.96 Å². The van der Waals surface area contributed by atoms with Crippen molar-refractivity contribution in [3.8, 4) is 0 Å². The monoisotopic (exact) mass is 379 g/mol. The summed E-state index contributed by atoms with van der Waals surface area (Å²) in [6.07, 6.45) is 4.74. The third kappa shape index (κ3) is 5.73. The standard InChI is InChI=1S/C19H27ClFN5/c1-5-22-18(23-9-8-14-11-25-26(4)12-14)24-13-19(2,3)16-7-6-15(21)10-17(16)20/h6-7,10-12H,5,8-9,13H2,1-4H3,(H2,22,23,24). The summed E-state index contributed by atoms with van der Waals surface area (Å²) >= 11 is 6.22. The average molecular weight is 380 g/mol. The molecule has 26 heavy (non-hydrogen) atoms. The van der Waals surface area contributed by atoms with Crippen molar-refractivity contribution in [1.29, 1.82) is 0 Å². The summed E-state index contributed by atoms with van der Waals surface area (Å²) in [5, 5.41) is 11.2. The number of nitrogens with zero attached hydrogens (tertiary/aromatic N) is 3. The van der Waals surface area contributed by atoms with Crippen molar-refractivity contribution in [2.45, 2.75) is 32.6 Å². The number of benzene rings is 1. The van der Waals surface area contributed by atoms with Crippen LogP contribution < -0.4 is 10.6 Å². The van der Waals surface area contributed by atoms with E-state index in [1.54, 1.807) is 10.7 Å². The molecule has 0 spiro atoms. The highest BCUT2D eigenvalue weighted by Gasteiger charge is 2.23. The number of hydrogen-bond donors (Lipinski definition) is 2. The Morgan fingerprint density at radius 3 is 2.73 bits per heavy atom. The third-order valence-corrected chi connectivity index (χ3v) is 4.41. The largest absolute Gasteiger partial charge is 0.357 e. The summed E-state index contributed by atoms with van der Waals surface area (Å²) in [6, 6.07) is 4.51. The van der Waals surface area contributed by atoms with E-state index in [1.807, 2.05) is 26.4 Å². The van der Waals surface area contributed by atoms with E-state index in [0.717, 1.165) is 31.0 Å². The molecule has 0 aliphatic rings. The molecule has 1 aromatic carbocycles. The molecule has 2 aromatic rings. The number of aliphatic imine (C=N–C) groups is 1. The number of hydrogen-bond acceptors (Lipinski definition) is 2. The Bertz CT molecular complexity index is 754. The van der Waals surface area contributed by atoms with Crippen LogP contribution in [0.25, 0.3) is 0 Å². The highest BCUT2D eigenvalue weighted by molar-refractivity contribution is 6.31. The fraction of sp³-hybridized carbons (Fsp3) is 0.474. The third-order valence-electron chi connectivity index (χ3n) is 4.10. The zero-order valence-electron chi connectivity index (χ0n) is 15.8. The van der Waals surface area contributed by atoms with Gasteiger partial charge in [-0.25, -0.2) is 4.39 Å². The maximum atomic E-state index is 13.3. The molecule has 0 fully saturated rings. The Morgan fingerprint density at radius 2 is 2.12 bits per heavy atom. The average Bonchev–Trinajstić information content (AvgIpc) is 2.97. The van der Waals surface area contributed by atoms with Crippen LogP contribution in [0, 0.1) is 5.82 Å². The van der Waals surface area contributed by atoms with Crippen molar-refractivity contribution in [2.24, 2.45) is 12.0 Å². The van der Waals surface area contributed by atoms with Gasteiger partial charge in [0.05, 0.1) is 12.7 Å². The maximum Gasteiger partial charge on any atom is 0.191 e. The van der Waals surface area contributed by atoms with Gasteiger partial charge in [0.2, 0.25) is 0 Å². The van der Waals surface area contributed by atoms with Crippen LogP contribution in [0.15, 0.2) is 35.6 Å². The second-order valence-electron chi connectivity index (χ2n) is 6.90. The number of aromatic nitrogens is 2. The quantitative estimate of drug-likeness (QED) is 0.573. The van der Waals surface area contributed by atoms with Crippen molar-refractivity contribution in [1.82, 2.24) is 20.4 Å². The Labute approximate surface area is 159 Å². The van der Waals surface area contributed by atoms with Gasteiger partial charge in [-0.3, -0.25) is 9.67 Å². The normalized spacial score (nSPS) is 12.3. The van der Waals surface area contributed by atoms with Crippen LogP contribution in [-0.4, -0.2) is 35.4 Å². The van der Waals surface area contributed by atoms with Crippen LogP contribution >= 0.6 is 11.6 Å². The van der Waals surface area contributed by atoms with Gasteiger partial charge in [-0.2, -0.15) is 5.10 Å². The Kier molecular flexibility index (Phi) is 7.03. The molecule has 2 rings (SSSR count).